The lowest BCUT2D eigenvalue weighted by Gasteiger charge is -2.11. The van der Waals surface area contributed by atoms with Crippen LogP contribution in [0.2, 0.25) is 5.02 Å². The van der Waals surface area contributed by atoms with E-state index in [0.717, 1.165) is 0 Å². The average molecular weight is 571 g/mol. The van der Waals surface area contributed by atoms with Crippen LogP contribution >= 0.6 is 11.6 Å². The smallest absolute Gasteiger partial charge is 0.343 e. The number of anilines is 2. The monoisotopic (exact) mass is 570 g/mol. The number of para-hydroxylation sites is 2. The summed E-state index contributed by atoms with van der Waals surface area (Å²) in [7, 11) is 1.40. The van der Waals surface area contributed by atoms with Crippen LogP contribution in [0.25, 0.3) is 0 Å². The second-order valence-electron chi connectivity index (χ2n) is 8.33. The molecule has 0 saturated heterocycles. The third-order valence-electron chi connectivity index (χ3n) is 5.51. The van der Waals surface area contributed by atoms with E-state index in [4.69, 9.17) is 21.1 Å². The molecule has 3 N–H and O–H groups in total. The van der Waals surface area contributed by atoms with E-state index in [1.807, 2.05) is 6.07 Å². The van der Waals surface area contributed by atoms with Gasteiger partial charge in [-0.05, 0) is 72.3 Å². The molecule has 0 atom stereocenters. The van der Waals surface area contributed by atoms with Gasteiger partial charge in [0.25, 0.3) is 5.91 Å². The lowest BCUT2D eigenvalue weighted by molar-refractivity contribution is -0.136. The minimum Gasteiger partial charge on any atom is -0.493 e. The highest BCUT2D eigenvalue weighted by atomic mass is 35.5. The summed E-state index contributed by atoms with van der Waals surface area (Å²) in [6, 6.07) is 25.9. The first-order chi connectivity index (χ1) is 19.8. The van der Waals surface area contributed by atoms with Crippen LogP contribution in [0.15, 0.2) is 102 Å². The van der Waals surface area contributed by atoms with Gasteiger partial charge in [0.15, 0.2) is 11.5 Å². The Morgan fingerprint density at radius 2 is 1.49 bits per heavy atom. The third-order valence-corrected chi connectivity index (χ3v) is 5.76. The minimum atomic E-state index is -1.06. The molecule has 3 amide bonds. The standard InChI is InChI=1S/C30H23ClN4O6/c1-40-26-17-19(11-16-25(26)41-30(39)20-12-14-21(31)15-13-20)18-32-35-29(38)28(37)34-24-10-6-5-9-23(24)27(36)33-22-7-3-2-4-8-22/h2-18H,1H3,(H,33,36)(H,34,37)(H,35,38)/b32-18+. The number of halogens is 1. The lowest BCUT2D eigenvalue weighted by Crippen LogP contribution is -2.33. The van der Waals surface area contributed by atoms with Crippen molar-refractivity contribution in [1.29, 1.82) is 0 Å². The van der Waals surface area contributed by atoms with Gasteiger partial charge >= 0.3 is 17.8 Å². The van der Waals surface area contributed by atoms with Gasteiger partial charge in [0.1, 0.15) is 0 Å². The molecule has 0 aliphatic carbocycles. The Hall–Kier alpha value is -5.48. The third kappa shape index (κ3) is 7.78. The molecule has 0 heterocycles. The predicted molar refractivity (Wildman–Crippen MR) is 155 cm³/mol. The summed E-state index contributed by atoms with van der Waals surface area (Å²) < 4.78 is 10.7. The Bertz CT molecular complexity index is 1610. The summed E-state index contributed by atoms with van der Waals surface area (Å²) in [6.07, 6.45) is 1.28. The number of hydrogen-bond acceptors (Lipinski definition) is 7. The molecule has 41 heavy (non-hydrogen) atoms. The second-order valence-corrected chi connectivity index (χ2v) is 8.76. The van der Waals surface area contributed by atoms with Gasteiger partial charge in [-0.15, -0.1) is 0 Å². The van der Waals surface area contributed by atoms with Gasteiger partial charge in [-0.1, -0.05) is 41.9 Å². The molecule has 0 radical (unpaired) electrons. The number of ether oxygens (including phenoxy) is 2. The fourth-order valence-electron chi connectivity index (χ4n) is 3.50. The number of hydrazone groups is 1. The Balaban J connectivity index is 1.35. The van der Waals surface area contributed by atoms with E-state index in [1.165, 1.54) is 49.7 Å². The van der Waals surface area contributed by atoms with Gasteiger partial charge in [-0.25, -0.2) is 10.2 Å². The summed E-state index contributed by atoms with van der Waals surface area (Å²) >= 11 is 5.85. The summed E-state index contributed by atoms with van der Waals surface area (Å²) in [6.45, 7) is 0. The van der Waals surface area contributed by atoms with Gasteiger partial charge in [0.2, 0.25) is 0 Å². The van der Waals surface area contributed by atoms with E-state index < -0.39 is 23.7 Å². The molecular weight excluding hydrogens is 548 g/mol. The quantitative estimate of drug-likeness (QED) is 0.0905. The van der Waals surface area contributed by atoms with Crippen molar-refractivity contribution in [2.24, 2.45) is 5.10 Å². The number of carbonyl (C=O) groups is 4. The lowest BCUT2D eigenvalue weighted by atomic mass is 10.1. The second kappa shape index (κ2) is 13.5. The molecule has 0 aromatic heterocycles. The Morgan fingerprint density at radius 1 is 0.780 bits per heavy atom. The molecule has 4 aromatic carbocycles. The Labute approximate surface area is 239 Å². The van der Waals surface area contributed by atoms with Gasteiger partial charge in [-0.2, -0.15) is 5.10 Å². The first-order valence-electron chi connectivity index (χ1n) is 12.1. The zero-order valence-electron chi connectivity index (χ0n) is 21.6. The molecule has 0 unspecified atom stereocenters. The van der Waals surface area contributed by atoms with Crippen LogP contribution in [-0.4, -0.2) is 37.0 Å². The number of methoxy groups -OCH3 is 1. The maximum absolute atomic E-state index is 12.7. The molecule has 11 heteroatoms. The zero-order chi connectivity index (χ0) is 29.2. The molecule has 0 fully saturated rings. The van der Waals surface area contributed by atoms with Crippen LogP contribution in [0.1, 0.15) is 26.3 Å². The van der Waals surface area contributed by atoms with Crippen LogP contribution in [-0.2, 0) is 9.59 Å². The van der Waals surface area contributed by atoms with Crippen molar-refractivity contribution in [3.63, 3.8) is 0 Å². The number of nitrogens with zero attached hydrogens (tertiary/aromatic N) is 1. The van der Waals surface area contributed by atoms with Crippen molar-refractivity contribution in [2.45, 2.75) is 0 Å². The number of carbonyl (C=O) groups excluding carboxylic acids is 4. The van der Waals surface area contributed by atoms with Crippen molar-refractivity contribution in [3.8, 4) is 11.5 Å². The number of nitrogens with one attached hydrogen (secondary N) is 3. The van der Waals surface area contributed by atoms with Gasteiger partial charge in [0.05, 0.1) is 30.1 Å². The van der Waals surface area contributed by atoms with Crippen LogP contribution in [0.3, 0.4) is 0 Å². The largest absolute Gasteiger partial charge is 0.493 e. The molecule has 0 bridgehead atoms. The van der Waals surface area contributed by atoms with Crippen LogP contribution < -0.4 is 25.5 Å². The van der Waals surface area contributed by atoms with Crippen molar-refractivity contribution in [3.05, 3.63) is 119 Å². The number of amides is 3. The zero-order valence-corrected chi connectivity index (χ0v) is 22.3. The Kier molecular flexibility index (Phi) is 9.42. The number of esters is 1. The van der Waals surface area contributed by atoms with E-state index in [0.29, 0.717) is 21.8 Å². The molecule has 10 nitrogen and oxygen atoms in total. The highest BCUT2D eigenvalue weighted by Crippen LogP contribution is 2.28. The SMILES string of the molecule is COc1cc(/C=N/NC(=O)C(=O)Nc2ccccc2C(=O)Nc2ccccc2)ccc1OC(=O)c1ccc(Cl)cc1. The molecule has 0 saturated carbocycles. The van der Waals surface area contributed by atoms with E-state index in [9.17, 15) is 19.2 Å². The van der Waals surface area contributed by atoms with Crippen molar-refractivity contribution < 1.29 is 28.7 Å². The summed E-state index contributed by atoms with van der Waals surface area (Å²) in [5, 5.41) is 9.44. The fraction of sp³-hybridized carbons (Fsp3) is 0.0333. The van der Waals surface area contributed by atoms with Crippen molar-refractivity contribution in [2.75, 3.05) is 17.7 Å². The molecule has 0 aliphatic rings. The normalized spacial score (nSPS) is 10.5. The van der Waals surface area contributed by atoms with Gasteiger partial charge in [0, 0.05) is 10.7 Å². The maximum atomic E-state index is 12.7. The predicted octanol–water partition coefficient (Wildman–Crippen LogP) is 4.91. The van der Waals surface area contributed by atoms with Gasteiger partial charge in [-0.3, -0.25) is 14.4 Å². The highest BCUT2D eigenvalue weighted by Gasteiger charge is 2.18. The Morgan fingerprint density at radius 3 is 2.22 bits per heavy atom. The molecular formula is C30H23ClN4O6. The van der Waals surface area contributed by atoms with E-state index in [2.05, 4.69) is 21.2 Å². The summed E-state index contributed by atoms with van der Waals surface area (Å²) in [5.41, 5.74) is 3.82. The van der Waals surface area contributed by atoms with Crippen LogP contribution in [0.5, 0.6) is 11.5 Å². The van der Waals surface area contributed by atoms with Crippen molar-refractivity contribution >= 4 is 52.9 Å². The minimum absolute atomic E-state index is 0.151. The molecule has 0 aliphatic heterocycles. The van der Waals surface area contributed by atoms with E-state index >= 15 is 0 Å². The number of hydrogen-bond donors (Lipinski definition) is 3. The van der Waals surface area contributed by atoms with E-state index in [1.54, 1.807) is 54.6 Å². The molecule has 4 aromatic rings. The van der Waals surface area contributed by atoms with Gasteiger partial charge < -0.3 is 20.1 Å². The summed E-state index contributed by atoms with van der Waals surface area (Å²) in [5.74, 6) is -2.72. The number of benzene rings is 4. The maximum Gasteiger partial charge on any atom is 0.343 e. The van der Waals surface area contributed by atoms with Crippen molar-refractivity contribution in [1.82, 2.24) is 5.43 Å². The first kappa shape index (κ1) is 28.5. The molecule has 4 rings (SSSR count). The molecule has 206 valence electrons. The average Bonchev–Trinajstić information content (AvgIpc) is 2.98. The molecule has 0 spiro atoms. The van der Waals surface area contributed by atoms with Crippen LogP contribution in [0.4, 0.5) is 11.4 Å². The van der Waals surface area contributed by atoms with E-state index in [-0.39, 0.29) is 22.7 Å². The topological polar surface area (TPSA) is 135 Å². The fourth-order valence-corrected chi connectivity index (χ4v) is 3.62. The first-order valence-corrected chi connectivity index (χ1v) is 12.5. The van der Waals surface area contributed by atoms with Crippen LogP contribution in [0, 0.1) is 0 Å². The number of rotatable bonds is 8. The summed E-state index contributed by atoms with van der Waals surface area (Å²) in [4.78, 5) is 49.9. The highest BCUT2D eigenvalue weighted by molar-refractivity contribution is 6.40.